The van der Waals surface area contributed by atoms with Gasteiger partial charge in [0.15, 0.2) is 5.13 Å². The summed E-state index contributed by atoms with van der Waals surface area (Å²) in [6.45, 7) is 6.28. The molecule has 2 heterocycles. The van der Waals surface area contributed by atoms with Crippen molar-refractivity contribution in [2.24, 2.45) is 0 Å². The molecule has 2 aromatic carbocycles. The van der Waals surface area contributed by atoms with Gasteiger partial charge in [0.25, 0.3) is 5.91 Å². The molecule has 1 saturated heterocycles. The number of carbonyl (C=O) groups excluding carboxylic acids is 2. The number of amides is 2. The third-order valence-electron chi connectivity index (χ3n) is 4.81. The summed E-state index contributed by atoms with van der Waals surface area (Å²) in [6.07, 6.45) is -0.480. The molecule has 7 nitrogen and oxygen atoms in total. The summed E-state index contributed by atoms with van der Waals surface area (Å²) in [5, 5.41) is 6.85. The Morgan fingerprint density at radius 3 is 2.73 bits per heavy atom. The first-order chi connectivity index (χ1) is 14.4. The van der Waals surface area contributed by atoms with Crippen LogP contribution in [0.25, 0.3) is 10.2 Å². The maximum atomic E-state index is 13.0. The monoisotopic (exact) mass is 444 g/mol. The van der Waals surface area contributed by atoms with Crippen LogP contribution in [0, 0.1) is 13.8 Å². The standard InChI is InChI=1S/C21H21ClN4O3S/c1-12-3-4-16-17(9-12)30-20(24-16)25-19(27)15-11-14(22)10-13(2)18(15)29-21(28)26-7-5-23-6-8-26/h3-4,9-11,23H,5-8H2,1-2H3,(H,24,25,27). The molecule has 0 unspecified atom stereocenters. The fourth-order valence-electron chi connectivity index (χ4n) is 3.28. The maximum absolute atomic E-state index is 13.0. The molecule has 156 valence electrons. The molecule has 0 bridgehead atoms. The molecule has 1 fully saturated rings. The van der Waals surface area contributed by atoms with E-state index in [0.29, 0.717) is 41.9 Å². The number of benzene rings is 2. The Labute approximate surface area is 183 Å². The van der Waals surface area contributed by atoms with Gasteiger partial charge in [0.05, 0.1) is 15.8 Å². The zero-order chi connectivity index (χ0) is 21.3. The molecular formula is C21H21ClN4O3S. The molecule has 9 heteroatoms. The number of ether oxygens (including phenoxy) is 1. The second-order valence-electron chi connectivity index (χ2n) is 7.15. The summed E-state index contributed by atoms with van der Waals surface area (Å²) in [5.41, 5.74) is 2.74. The topological polar surface area (TPSA) is 83.6 Å². The first kappa shape index (κ1) is 20.6. The molecule has 30 heavy (non-hydrogen) atoms. The van der Waals surface area contributed by atoms with E-state index >= 15 is 0 Å². The van der Waals surface area contributed by atoms with Crippen molar-refractivity contribution in [1.29, 1.82) is 0 Å². The van der Waals surface area contributed by atoms with Gasteiger partial charge >= 0.3 is 6.09 Å². The van der Waals surface area contributed by atoms with Gasteiger partial charge in [-0.1, -0.05) is 29.0 Å². The van der Waals surface area contributed by atoms with Crippen LogP contribution in [-0.2, 0) is 0 Å². The Morgan fingerprint density at radius 2 is 1.97 bits per heavy atom. The summed E-state index contributed by atoms with van der Waals surface area (Å²) < 4.78 is 6.61. The van der Waals surface area contributed by atoms with E-state index in [4.69, 9.17) is 16.3 Å². The highest BCUT2D eigenvalue weighted by Gasteiger charge is 2.24. The lowest BCUT2D eigenvalue weighted by Crippen LogP contribution is -2.47. The van der Waals surface area contributed by atoms with Crippen LogP contribution < -0.4 is 15.4 Å². The lowest BCUT2D eigenvalue weighted by Gasteiger charge is -2.27. The fourth-order valence-corrected chi connectivity index (χ4v) is 4.51. The van der Waals surface area contributed by atoms with Crippen molar-refractivity contribution in [3.05, 3.63) is 52.0 Å². The summed E-state index contributed by atoms with van der Waals surface area (Å²) in [4.78, 5) is 31.7. The Hall–Kier alpha value is -2.68. The van der Waals surface area contributed by atoms with Crippen molar-refractivity contribution in [2.45, 2.75) is 13.8 Å². The van der Waals surface area contributed by atoms with Crippen molar-refractivity contribution in [1.82, 2.24) is 15.2 Å². The van der Waals surface area contributed by atoms with Gasteiger partial charge in [-0.2, -0.15) is 0 Å². The number of halogens is 1. The number of thiazole rings is 1. The molecule has 1 aliphatic rings. The Kier molecular flexibility index (Phi) is 5.90. The van der Waals surface area contributed by atoms with Crippen molar-refractivity contribution in [3.8, 4) is 5.75 Å². The highest BCUT2D eigenvalue weighted by atomic mass is 35.5. The molecule has 0 radical (unpaired) electrons. The number of rotatable bonds is 3. The highest BCUT2D eigenvalue weighted by Crippen LogP contribution is 2.31. The van der Waals surface area contributed by atoms with E-state index in [9.17, 15) is 9.59 Å². The minimum absolute atomic E-state index is 0.193. The Bertz CT molecular complexity index is 1120. The van der Waals surface area contributed by atoms with Crippen LogP contribution in [-0.4, -0.2) is 48.1 Å². The number of anilines is 1. The lowest BCUT2D eigenvalue weighted by atomic mass is 10.1. The van der Waals surface area contributed by atoms with Crippen LogP contribution in [0.15, 0.2) is 30.3 Å². The van der Waals surface area contributed by atoms with Gasteiger partial charge < -0.3 is 15.0 Å². The van der Waals surface area contributed by atoms with Gasteiger partial charge in [-0.25, -0.2) is 9.78 Å². The summed E-state index contributed by atoms with van der Waals surface area (Å²) in [7, 11) is 0. The lowest BCUT2D eigenvalue weighted by molar-refractivity contribution is 0.102. The molecule has 1 aromatic heterocycles. The Morgan fingerprint density at radius 1 is 1.20 bits per heavy atom. The molecule has 0 aliphatic carbocycles. The fraction of sp³-hybridized carbons (Fsp3) is 0.286. The first-order valence-corrected chi connectivity index (χ1v) is 10.8. The predicted octanol–water partition coefficient (Wildman–Crippen LogP) is 4.22. The Balaban J connectivity index is 1.60. The number of nitrogens with one attached hydrogen (secondary N) is 2. The number of hydrogen-bond donors (Lipinski definition) is 2. The van der Waals surface area contributed by atoms with Gasteiger partial charge in [-0.05, 0) is 49.2 Å². The number of carbonyl (C=O) groups is 2. The van der Waals surface area contributed by atoms with E-state index in [1.807, 2.05) is 25.1 Å². The smallest absolute Gasteiger partial charge is 0.409 e. The van der Waals surface area contributed by atoms with Gasteiger partial charge in [0.2, 0.25) is 0 Å². The number of hydrogen-bond acceptors (Lipinski definition) is 6. The number of nitrogens with zero attached hydrogens (tertiary/aromatic N) is 2. The van der Waals surface area contributed by atoms with E-state index in [1.165, 1.54) is 17.4 Å². The normalized spacial score (nSPS) is 14.0. The summed E-state index contributed by atoms with van der Waals surface area (Å²) >= 11 is 7.57. The van der Waals surface area contributed by atoms with Gasteiger partial charge in [0, 0.05) is 31.2 Å². The van der Waals surface area contributed by atoms with Crippen molar-refractivity contribution >= 4 is 50.3 Å². The van der Waals surface area contributed by atoms with E-state index in [2.05, 4.69) is 15.6 Å². The zero-order valence-corrected chi connectivity index (χ0v) is 18.2. The van der Waals surface area contributed by atoms with E-state index in [1.54, 1.807) is 17.9 Å². The molecule has 2 N–H and O–H groups in total. The maximum Gasteiger partial charge on any atom is 0.415 e. The molecular weight excluding hydrogens is 424 g/mol. The van der Waals surface area contributed by atoms with Crippen LogP contribution >= 0.6 is 22.9 Å². The molecule has 4 rings (SSSR count). The SMILES string of the molecule is Cc1ccc2nc(NC(=O)c3cc(Cl)cc(C)c3OC(=O)N3CCNCC3)sc2c1. The molecule has 0 saturated carbocycles. The van der Waals surface area contributed by atoms with E-state index in [-0.39, 0.29) is 11.3 Å². The van der Waals surface area contributed by atoms with Gasteiger partial charge in [-0.3, -0.25) is 10.1 Å². The molecule has 2 amide bonds. The van der Waals surface area contributed by atoms with Crippen LogP contribution in [0.1, 0.15) is 21.5 Å². The van der Waals surface area contributed by atoms with Crippen LogP contribution in [0.5, 0.6) is 5.75 Å². The number of fused-ring (bicyclic) bond motifs is 1. The van der Waals surface area contributed by atoms with Gasteiger partial charge in [-0.15, -0.1) is 0 Å². The molecule has 1 aliphatic heterocycles. The van der Waals surface area contributed by atoms with Crippen molar-refractivity contribution in [3.63, 3.8) is 0 Å². The largest absolute Gasteiger partial charge is 0.415 e. The van der Waals surface area contributed by atoms with Crippen LogP contribution in [0.3, 0.4) is 0 Å². The van der Waals surface area contributed by atoms with Gasteiger partial charge in [0.1, 0.15) is 5.75 Å². The van der Waals surface area contributed by atoms with Crippen LogP contribution in [0.4, 0.5) is 9.93 Å². The number of aromatic nitrogens is 1. The summed E-state index contributed by atoms with van der Waals surface area (Å²) in [5.74, 6) is -0.225. The van der Waals surface area contributed by atoms with Crippen molar-refractivity contribution in [2.75, 3.05) is 31.5 Å². The predicted molar refractivity (Wildman–Crippen MR) is 119 cm³/mol. The van der Waals surface area contributed by atoms with Crippen LogP contribution in [0.2, 0.25) is 5.02 Å². The minimum Gasteiger partial charge on any atom is -0.409 e. The molecule has 0 spiro atoms. The van der Waals surface area contributed by atoms with E-state index in [0.717, 1.165) is 15.8 Å². The molecule has 3 aromatic rings. The average Bonchev–Trinajstić information content (AvgIpc) is 3.11. The minimum atomic E-state index is -0.480. The number of piperazine rings is 1. The third-order valence-corrected chi connectivity index (χ3v) is 5.96. The summed E-state index contributed by atoms with van der Waals surface area (Å²) in [6, 6.07) is 9.08. The zero-order valence-electron chi connectivity index (χ0n) is 16.6. The second-order valence-corrected chi connectivity index (χ2v) is 8.62. The molecule has 0 atom stereocenters. The first-order valence-electron chi connectivity index (χ1n) is 9.57. The highest BCUT2D eigenvalue weighted by molar-refractivity contribution is 7.22. The average molecular weight is 445 g/mol. The number of aryl methyl sites for hydroxylation is 2. The van der Waals surface area contributed by atoms with Crippen molar-refractivity contribution < 1.29 is 14.3 Å². The second kappa shape index (κ2) is 8.59. The quantitative estimate of drug-likeness (QED) is 0.631. The van der Waals surface area contributed by atoms with E-state index < -0.39 is 12.0 Å². The third kappa shape index (κ3) is 4.40.